The molecule has 0 unspecified atom stereocenters. The van der Waals surface area contributed by atoms with Gasteiger partial charge in [0.05, 0.1) is 12.7 Å². The Morgan fingerprint density at radius 1 is 0.931 bits per heavy atom. The lowest BCUT2D eigenvalue weighted by Crippen LogP contribution is -2.15. The Hall–Kier alpha value is -3.40. The van der Waals surface area contributed by atoms with Gasteiger partial charge in [0.25, 0.3) is 0 Å². The van der Waals surface area contributed by atoms with Crippen LogP contribution in [0.4, 0.5) is 0 Å². The number of rotatable bonds is 5. The van der Waals surface area contributed by atoms with Crippen LogP contribution in [0.15, 0.2) is 65.3 Å². The molecule has 5 rings (SSSR count). The monoisotopic (exact) mass is 384 g/mol. The minimum atomic E-state index is -0.428. The van der Waals surface area contributed by atoms with Crippen LogP contribution >= 0.6 is 0 Å². The molecule has 1 heterocycles. The number of aryl methyl sites for hydroxylation is 2. The third kappa shape index (κ3) is 3.42. The van der Waals surface area contributed by atoms with E-state index in [0.29, 0.717) is 5.56 Å². The van der Waals surface area contributed by atoms with Crippen LogP contribution in [0.1, 0.15) is 33.5 Å². The Bertz CT molecular complexity index is 1250. The summed E-state index contributed by atoms with van der Waals surface area (Å²) in [7, 11) is 0. The summed E-state index contributed by atoms with van der Waals surface area (Å²) >= 11 is 0. The number of hydrogen-bond acceptors (Lipinski definition) is 4. The molecular weight excluding hydrogens is 364 g/mol. The lowest BCUT2D eigenvalue weighted by Gasteiger charge is -2.06. The van der Waals surface area contributed by atoms with Gasteiger partial charge in [-0.2, -0.15) is 0 Å². The smallest absolute Gasteiger partial charge is 0.310 e. The van der Waals surface area contributed by atoms with Gasteiger partial charge in [-0.15, -0.1) is 0 Å². The fourth-order valence-corrected chi connectivity index (χ4v) is 4.08. The molecule has 0 atom stereocenters. The Balaban J connectivity index is 1.26. The Morgan fingerprint density at radius 2 is 1.72 bits per heavy atom. The number of carbonyl (C=O) groups excluding carboxylic acids is 2. The first-order chi connectivity index (χ1) is 14.2. The van der Waals surface area contributed by atoms with E-state index >= 15 is 0 Å². The maximum absolute atomic E-state index is 12.4. The van der Waals surface area contributed by atoms with Crippen molar-refractivity contribution in [3.05, 3.63) is 83.1 Å². The molecule has 0 fully saturated rings. The first kappa shape index (κ1) is 17.7. The fraction of sp³-hybridized carbons (Fsp3) is 0.200. The van der Waals surface area contributed by atoms with Crippen LogP contribution in [0.3, 0.4) is 0 Å². The zero-order valence-electron chi connectivity index (χ0n) is 15.9. The van der Waals surface area contributed by atoms with E-state index in [-0.39, 0.29) is 18.8 Å². The first-order valence-electron chi connectivity index (χ1n) is 9.87. The molecule has 4 heteroatoms. The number of benzene rings is 3. The van der Waals surface area contributed by atoms with Crippen molar-refractivity contribution in [3.63, 3.8) is 0 Å². The topological polar surface area (TPSA) is 56.5 Å². The van der Waals surface area contributed by atoms with E-state index in [9.17, 15) is 9.59 Å². The van der Waals surface area contributed by atoms with Gasteiger partial charge in [-0.3, -0.25) is 9.59 Å². The lowest BCUT2D eigenvalue weighted by molar-refractivity contribution is -0.141. The van der Waals surface area contributed by atoms with Crippen molar-refractivity contribution in [2.45, 2.75) is 25.7 Å². The van der Waals surface area contributed by atoms with Gasteiger partial charge >= 0.3 is 5.97 Å². The first-order valence-corrected chi connectivity index (χ1v) is 9.87. The molecule has 29 heavy (non-hydrogen) atoms. The number of ether oxygens (including phenoxy) is 1. The second-order valence-corrected chi connectivity index (χ2v) is 7.55. The lowest BCUT2D eigenvalue weighted by atomic mass is 10.0. The number of hydrogen-bond donors (Lipinski definition) is 0. The largest absolute Gasteiger partial charge is 0.464 e. The highest BCUT2D eigenvalue weighted by molar-refractivity contribution is 6.01. The molecule has 0 aliphatic heterocycles. The van der Waals surface area contributed by atoms with E-state index < -0.39 is 5.97 Å². The van der Waals surface area contributed by atoms with Crippen LogP contribution in [0.5, 0.6) is 0 Å². The highest BCUT2D eigenvalue weighted by atomic mass is 16.5. The average molecular weight is 384 g/mol. The molecule has 0 spiro atoms. The summed E-state index contributed by atoms with van der Waals surface area (Å²) in [6, 6.07) is 17.5. The van der Waals surface area contributed by atoms with Gasteiger partial charge in [-0.1, -0.05) is 36.4 Å². The molecule has 0 amide bonds. The molecule has 3 aromatic carbocycles. The zero-order chi connectivity index (χ0) is 19.8. The maximum atomic E-state index is 12.4. The fourth-order valence-electron chi connectivity index (χ4n) is 4.08. The molecule has 1 aliphatic carbocycles. The number of esters is 1. The summed E-state index contributed by atoms with van der Waals surface area (Å²) in [6.45, 7) is -0.262. The van der Waals surface area contributed by atoms with Gasteiger partial charge in [0, 0.05) is 16.5 Å². The third-order valence-corrected chi connectivity index (χ3v) is 5.64. The number of ketones is 1. The van der Waals surface area contributed by atoms with E-state index in [1.54, 1.807) is 12.3 Å². The van der Waals surface area contributed by atoms with Crippen LogP contribution in [0, 0.1) is 0 Å². The highest BCUT2D eigenvalue weighted by Crippen LogP contribution is 2.30. The molecule has 0 radical (unpaired) electrons. The highest BCUT2D eigenvalue weighted by Gasteiger charge is 2.18. The standard InChI is InChI=1S/C25H20O4/c26-23(20-9-8-16-4-1-2-5-17(16)10-20)15-29-25(27)13-21-14-28-24-12-19-7-3-6-18(19)11-22(21)24/h1-2,4-5,8-12,14H,3,6-7,13,15H2. The quantitative estimate of drug-likeness (QED) is 0.357. The van der Waals surface area contributed by atoms with Crippen LogP contribution in [0.2, 0.25) is 0 Å². The van der Waals surface area contributed by atoms with Crippen molar-refractivity contribution >= 4 is 33.5 Å². The summed E-state index contributed by atoms with van der Waals surface area (Å²) in [5, 5.41) is 3.02. The molecule has 0 saturated carbocycles. The van der Waals surface area contributed by atoms with Gasteiger partial charge < -0.3 is 9.15 Å². The average Bonchev–Trinajstić information content (AvgIpc) is 3.36. The van der Waals surface area contributed by atoms with E-state index in [0.717, 1.165) is 46.6 Å². The van der Waals surface area contributed by atoms with Gasteiger partial charge in [0.2, 0.25) is 0 Å². The summed E-state index contributed by atoms with van der Waals surface area (Å²) in [5.41, 5.74) is 4.82. The van der Waals surface area contributed by atoms with E-state index in [1.165, 1.54) is 11.1 Å². The van der Waals surface area contributed by atoms with Crippen molar-refractivity contribution in [2.24, 2.45) is 0 Å². The van der Waals surface area contributed by atoms with Crippen LogP contribution in [-0.4, -0.2) is 18.4 Å². The van der Waals surface area contributed by atoms with Crippen LogP contribution in [-0.2, 0) is 28.8 Å². The number of Topliss-reactive ketones (excluding diaryl/α,β-unsaturated/α-hetero) is 1. The molecule has 0 N–H and O–H groups in total. The minimum absolute atomic E-state index is 0.0940. The van der Waals surface area contributed by atoms with Crippen molar-refractivity contribution < 1.29 is 18.7 Å². The van der Waals surface area contributed by atoms with E-state index in [1.807, 2.05) is 36.4 Å². The van der Waals surface area contributed by atoms with Crippen LogP contribution in [0.25, 0.3) is 21.7 Å². The number of fused-ring (bicyclic) bond motifs is 3. The molecule has 144 valence electrons. The van der Waals surface area contributed by atoms with Crippen molar-refractivity contribution in [1.29, 1.82) is 0 Å². The van der Waals surface area contributed by atoms with Crippen LogP contribution < -0.4 is 0 Å². The molecule has 0 bridgehead atoms. The molecule has 4 nitrogen and oxygen atoms in total. The third-order valence-electron chi connectivity index (χ3n) is 5.64. The van der Waals surface area contributed by atoms with Crippen molar-refractivity contribution in [1.82, 2.24) is 0 Å². The van der Waals surface area contributed by atoms with Crippen molar-refractivity contribution in [3.8, 4) is 0 Å². The normalized spacial score (nSPS) is 13.0. The molecule has 1 aliphatic rings. The van der Waals surface area contributed by atoms with Gasteiger partial charge in [-0.25, -0.2) is 0 Å². The molecule has 0 saturated heterocycles. The summed E-state index contributed by atoms with van der Waals surface area (Å²) in [6.07, 6.45) is 5.03. The minimum Gasteiger partial charge on any atom is -0.464 e. The molecule has 4 aromatic rings. The van der Waals surface area contributed by atoms with E-state index in [4.69, 9.17) is 9.15 Å². The summed E-state index contributed by atoms with van der Waals surface area (Å²) in [4.78, 5) is 24.8. The van der Waals surface area contributed by atoms with Crippen molar-refractivity contribution in [2.75, 3.05) is 6.61 Å². The summed E-state index contributed by atoms with van der Waals surface area (Å²) < 4.78 is 10.9. The summed E-state index contributed by atoms with van der Waals surface area (Å²) in [5.74, 6) is -0.638. The van der Waals surface area contributed by atoms with Gasteiger partial charge in [0.1, 0.15) is 5.58 Å². The zero-order valence-corrected chi connectivity index (χ0v) is 15.9. The Kier molecular flexibility index (Phi) is 4.39. The van der Waals surface area contributed by atoms with Gasteiger partial charge in [-0.05, 0) is 59.4 Å². The van der Waals surface area contributed by atoms with Gasteiger partial charge in [0.15, 0.2) is 12.4 Å². The Morgan fingerprint density at radius 3 is 2.59 bits per heavy atom. The predicted octanol–water partition coefficient (Wildman–Crippen LogP) is 5.04. The number of furan rings is 1. The van der Waals surface area contributed by atoms with E-state index in [2.05, 4.69) is 12.1 Å². The second-order valence-electron chi connectivity index (χ2n) is 7.55. The maximum Gasteiger partial charge on any atom is 0.310 e. The molecular formula is C25H20O4. The Labute approximate surface area is 168 Å². The predicted molar refractivity (Wildman–Crippen MR) is 111 cm³/mol. The second kappa shape index (κ2) is 7.21. The molecule has 1 aromatic heterocycles. The SMILES string of the molecule is O=C(Cc1coc2cc3c(cc12)CCC3)OCC(=O)c1ccc2ccccc2c1. The number of carbonyl (C=O) groups is 2.